The predicted octanol–water partition coefficient (Wildman–Crippen LogP) is 5.46. The van der Waals surface area contributed by atoms with E-state index < -0.39 is 0 Å². The molecule has 1 aromatic rings. The van der Waals surface area contributed by atoms with Gasteiger partial charge in [0.05, 0.1) is 0 Å². The topological polar surface area (TPSA) is 3.88 Å². The Labute approximate surface area is 126 Å². The molecule has 114 valence electrons. The molecule has 0 unspecified atom stereocenters. The van der Waals surface area contributed by atoms with Gasteiger partial charge < -0.3 is 0 Å². The number of hydrogen-bond acceptors (Lipinski definition) is 0. The highest BCUT2D eigenvalue weighted by Crippen LogP contribution is 2.08. The Hall–Kier alpha value is -0.850. The second-order valence-corrected chi connectivity index (χ2v) is 5.96. The maximum absolute atomic E-state index is 2.47. The van der Waals surface area contributed by atoms with Gasteiger partial charge in [0.15, 0.2) is 11.9 Å². The Kier molecular flexibility index (Phi) is 10.3. The molecule has 0 fully saturated rings. The van der Waals surface area contributed by atoms with E-state index in [0.29, 0.717) is 0 Å². The molecule has 1 aromatic heterocycles. The van der Waals surface area contributed by atoms with Gasteiger partial charge in [-0.2, -0.15) is 0 Å². The molecular formula is C19H34N+. The molecule has 1 heteroatoms. The third kappa shape index (κ3) is 7.67. The molecule has 0 spiro atoms. The second kappa shape index (κ2) is 11.9. The van der Waals surface area contributed by atoms with E-state index in [2.05, 4.69) is 42.8 Å². The summed E-state index contributed by atoms with van der Waals surface area (Å²) < 4.78 is 2.47. The number of nitrogens with zero attached hydrogens (tertiary/aromatic N) is 1. The minimum atomic E-state index is 1.20. The zero-order valence-corrected chi connectivity index (χ0v) is 13.7. The van der Waals surface area contributed by atoms with Gasteiger partial charge in [0, 0.05) is 25.0 Å². The molecule has 0 amide bonds. The normalized spacial score (nSPS) is 10.9. The predicted molar refractivity (Wildman–Crippen MR) is 87.9 cm³/mol. The van der Waals surface area contributed by atoms with Crippen LogP contribution in [0.1, 0.15) is 83.7 Å². The van der Waals surface area contributed by atoms with E-state index in [1.165, 1.54) is 82.9 Å². The van der Waals surface area contributed by atoms with Crippen molar-refractivity contribution in [1.29, 1.82) is 0 Å². The first-order valence-corrected chi connectivity index (χ1v) is 8.85. The summed E-state index contributed by atoms with van der Waals surface area (Å²) >= 11 is 0. The molecule has 0 atom stereocenters. The second-order valence-electron chi connectivity index (χ2n) is 5.96. The van der Waals surface area contributed by atoms with Gasteiger partial charge in [-0.25, -0.2) is 4.57 Å². The van der Waals surface area contributed by atoms with Gasteiger partial charge in [0.1, 0.15) is 6.54 Å². The molecule has 0 saturated heterocycles. The van der Waals surface area contributed by atoms with Crippen LogP contribution in [0, 0.1) is 0 Å². The van der Waals surface area contributed by atoms with Gasteiger partial charge in [0.2, 0.25) is 0 Å². The highest BCUT2D eigenvalue weighted by Gasteiger charge is 2.07. The number of pyridine rings is 1. The lowest BCUT2D eigenvalue weighted by Gasteiger charge is -2.04. The van der Waals surface area contributed by atoms with Crippen LogP contribution in [0.2, 0.25) is 0 Å². The molecule has 0 aliphatic heterocycles. The summed E-state index contributed by atoms with van der Waals surface area (Å²) in [7, 11) is 0. The molecule has 0 saturated carbocycles. The number of hydrogen-bond donors (Lipinski definition) is 0. The lowest BCUT2D eigenvalue weighted by molar-refractivity contribution is -0.704. The highest BCUT2D eigenvalue weighted by molar-refractivity contribution is 4.97. The van der Waals surface area contributed by atoms with Crippen LogP contribution >= 0.6 is 0 Å². The van der Waals surface area contributed by atoms with Crippen LogP contribution in [0.3, 0.4) is 0 Å². The van der Waals surface area contributed by atoms with Crippen LogP contribution in [0.15, 0.2) is 24.4 Å². The summed E-state index contributed by atoms with van der Waals surface area (Å²) in [5.74, 6) is 0. The average molecular weight is 276 g/mol. The van der Waals surface area contributed by atoms with Gasteiger partial charge in [0.25, 0.3) is 0 Å². The van der Waals surface area contributed by atoms with Crippen LogP contribution in [-0.4, -0.2) is 0 Å². The van der Waals surface area contributed by atoms with Crippen molar-refractivity contribution in [2.75, 3.05) is 0 Å². The van der Waals surface area contributed by atoms with E-state index in [1.807, 2.05) is 0 Å². The van der Waals surface area contributed by atoms with Crippen molar-refractivity contribution in [3.05, 3.63) is 30.1 Å². The molecular weight excluding hydrogens is 242 g/mol. The van der Waals surface area contributed by atoms with Gasteiger partial charge in [-0.3, -0.25) is 0 Å². The Balaban J connectivity index is 2.15. The van der Waals surface area contributed by atoms with E-state index in [9.17, 15) is 0 Å². The highest BCUT2D eigenvalue weighted by atomic mass is 14.9. The van der Waals surface area contributed by atoms with E-state index in [-0.39, 0.29) is 0 Å². The minimum Gasteiger partial charge on any atom is -0.202 e. The fourth-order valence-corrected chi connectivity index (χ4v) is 2.73. The summed E-state index contributed by atoms with van der Waals surface area (Å²) in [6.07, 6.45) is 17.3. The SMILES string of the molecule is CCCCCCCCCC[n+]1ccccc1CCCC. The van der Waals surface area contributed by atoms with Crippen molar-refractivity contribution >= 4 is 0 Å². The molecule has 20 heavy (non-hydrogen) atoms. The number of rotatable bonds is 12. The fourth-order valence-electron chi connectivity index (χ4n) is 2.73. The van der Waals surface area contributed by atoms with Gasteiger partial charge >= 0.3 is 0 Å². The molecule has 1 heterocycles. The molecule has 0 aromatic carbocycles. The third-order valence-electron chi connectivity index (χ3n) is 4.07. The molecule has 0 aliphatic rings. The largest absolute Gasteiger partial charge is 0.202 e. The van der Waals surface area contributed by atoms with Crippen LogP contribution < -0.4 is 4.57 Å². The molecule has 0 N–H and O–H groups in total. The quantitative estimate of drug-likeness (QED) is 0.353. The first-order valence-electron chi connectivity index (χ1n) is 8.85. The van der Waals surface area contributed by atoms with E-state index in [4.69, 9.17) is 0 Å². The van der Waals surface area contributed by atoms with Crippen LogP contribution in [-0.2, 0) is 13.0 Å². The van der Waals surface area contributed by atoms with Crippen molar-refractivity contribution in [3.63, 3.8) is 0 Å². The molecule has 1 nitrogen and oxygen atoms in total. The Morgan fingerprint density at radius 3 is 2.10 bits per heavy atom. The zero-order chi connectivity index (χ0) is 14.5. The maximum Gasteiger partial charge on any atom is 0.181 e. The first kappa shape index (κ1) is 17.2. The molecule has 0 bridgehead atoms. The summed E-state index contributed by atoms with van der Waals surface area (Å²) in [5, 5.41) is 0. The van der Waals surface area contributed by atoms with E-state index in [1.54, 1.807) is 0 Å². The smallest absolute Gasteiger partial charge is 0.181 e. The van der Waals surface area contributed by atoms with Crippen LogP contribution in [0.4, 0.5) is 0 Å². The number of aromatic nitrogens is 1. The van der Waals surface area contributed by atoms with Crippen molar-refractivity contribution < 1.29 is 4.57 Å². The average Bonchev–Trinajstić information content (AvgIpc) is 2.49. The summed E-state index contributed by atoms with van der Waals surface area (Å²) in [6, 6.07) is 6.63. The standard InChI is InChI=1S/C19H34N/c1-3-5-7-8-9-10-11-13-17-20-18-14-12-16-19(20)15-6-4-2/h12,14,16,18H,3-11,13,15,17H2,1-2H3/q+1. The summed E-state index contributed by atoms with van der Waals surface area (Å²) in [6.45, 7) is 5.76. The number of unbranched alkanes of at least 4 members (excludes halogenated alkanes) is 8. The first-order chi connectivity index (χ1) is 9.88. The lowest BCUT2D eigenvalue weighted by atomic mass is 10.1. The van der Waals surface area contributed by atoms with Crippen LogP contribution in [0.5, 0.6) is 0 Å². The van der Waals surface area contributed by atoms with E-state index in [0.717, 1.165) is 0 Å². The van der Waals surface area contributed by atoms with Crippen molar-refractivity contribution in [1.82, 2.24) is 0 Å². The lowest BCUT2D eigenvalue weighted by Crippen LogP contribution is -2.37. The molecule has 0 radical (unpaired) electrons. The molecule has 1 rings (SSSR count). The van der Waals surface area contributed by atoms with Crippen LogP contribution in [0.25, 0.3) is 0 Å². The Morgan fingerprint density at radius 2 is 1.40 bits per heavy atom. The monoisotopic (exact) mass is 276 g/mol. The van der Waals surface area contributed by atoms with Gasteiger partial charge in [-0.15, -0.1) is 0 Å². The fraction of sp³-hybridized carbons (Fsp3) is 0.737. The zero-order valence-electron chi connectivity index (χ0n) is 13.7. The Bertz CT molecular complexity index is 332. The van der Waals surface area contributed by atoms with Crippen molar-refractivity contribution in [2.24, 2.45) is 0 Å². The van der Waals surface area contributed by atoms with Crippen molar-refractivity contribution in [2.45, 2.75) is 91.0 Å². The Morgan fingerprint density at radius 1 is 0.750 bits per heavy atom. The summed E-state index contributed by atoms with van der Waals surface area (Å²) in [5.41, 5.74) is 1.51. The minimum absolute atomic E-state index is 1.20. The summed E-state index contributed by atoms with van der Waals surface area (Å²) in [4.78, 5) is 0. The third-order valence-corrected chi connectivity index (χ3v) is 4.07. The molecule has 0 aliphatic carbocycles. The number of aryl methyl sites for hydroxylation is 2. The maximum atomic E-state index is 2.47. The van der Waals surface area contributed by atoms with Gasteiger partial charge in [-0.05, 0) is 12.8 Å². The van der Waals surface area contributed by atoms with E-state index >= 15 is 0 Å². The van der Waals surface area contributed by atoms with Crippen molar-refractivity contribution in [3.8, 4) is 0 Å². The van der Waals surface area contributed by atoms with Gasteiger partial charge in [-0.1, -0.05) is 64.9 Å².